The minimum atomic E-state index is 0.214. The van der Waals surface area contributed by atoms with Crippen LogP contribution in [0.1, 0.15) is 0 Å². The van der Waals surface area contributed by atoms with Crippen LogP contribution in [0.25, 0.3) is 0 Å². The predicted molar refractivity (Wildman–Crippen MR) is 43.2 cm³/mol. The van der Waals surface area contributed by atoms with Gasteiger partial charge in [-0.1, -0.05) is 15.9 Å². The Labute approximate surface area is 68.9 Å². The van der Waals surface area contributed by atoms with E-state index in [2.05, 4.69) is 21.2 Å². The molecule has 1 fully saturated rings. The molecule has 1 heterocycles. The number of hydrogen-bond acceptors (Lipinski definition) is 2. The van der Waals surface area contributed by atoms with E-state index >= 15 is 0 Å². The third kappa shape index (κ3) is 1.95. The number of nitrogens with one attached hydrogen (secondary N) is 1. The minimum absolute atomic E-state index is 0.214. The first-order valence-corrected chi connectivity index (χ1v) is 4.51. The van der Waals surface area contributed by atoms with E-state index in [0.29, 0.717) is 6.54 Å². The number of amides is 1. The molecular weight excluding hydrogens is 196 g/mol. The lowest BCUT2D eigenvalue weighted by Crippen LogP contribution is -2.48. The van der Waals surface area contributed by atoms with Gasteiger partial charge in [0.2, 0.25) is 5.91 Å². The van der Waals surface area contributed by atoms with Gasteiger partial charge in [-0.25, -0.2) is 0 Å². The van der Waals surface area contributed by atoms with Gasteiger partial charge in [0.05, 0.1) is 6.54 Å². The maximum absolute atomic E-state index is 11.0. The van der Waals surface area contributed by atoms with Crippen LogP contribution >= 0.6 is 15.9 Å². The van der Waals surface area contributed by atoms with Crippen LogP contribution in [0.3, 0.4) is 0 Å². The number of carbonyl (C=O) groups is 1. The number of alkyl halides is 1. The first kappa shape index (κ1) is 8.01. The average molecular weight is 207 g/mol. The molecule has 3 nitrogen and oxygen atoms in total. The summed E-state index contributed by atoms with van der Waals surface area (Å²) in [6.07, 6.45) is 0. The highest BCUT2D eigenvalue weighted by atomic mass is 79.9. The molecule has 1 aliphatic heterocycles. The van der Waals surface area contributed by atoms with Crippen molar-refractivity contribution in [1.29, 1.82) is 0 Å². The molecule has 1 N–H and O–H groups in total. The van der Waals surface area contributed by atoms with Crippen LogP contribution in [-0.2, 0) is 4.79 Å². The van der Waals surface area contributed by atoms with E-state index in [-0.39, 0.29) is 5.91 Å². The van der Waals surface area contributed by atoms with Crippen molar-refractivity contribution in [3.8, 4) is 0 Å². The molecule has 0 aromatic rings. The Hall–Kier alpha value is -0.0900. The van der Waals surface area contributed by atoms with Gasteiger partial charge >= 0.3 is 0 Å². The zero-order chi connectivity index (χ0) is 7.40. The largest absolute Gasteiger partial charge is 0.339 e. The molecule has 0 spiro atoms. The third-order valence-corrected chi connectivity index (χ3v) is 1.90. The van der Waals surface area contributed by atoms with Gasteiger partial charge in [-0.15, -0.1) is 0 Å². The summed E-state index contributed by atoms with van der Waals surface area (Å²) in [5.74, 6) is 0.214. The Kier molecular flexibility index (Phi) is 3.15. The second-order valence-electron chi connectivity index (χ2n) is 2.25. The number of carbonyl (C=O) groups excluding carboxylic acids is 1. The number of piperazine rings is 1. The number of nitrogens with zero attached hydrogens (tertiary/aromatic N) is 1. The van der Waals surface area contributed by atoms with Gasteiger partial charge in [0.1, 0.15) is 0 Å². The summed E-state index contributed by atoms with van der Waals surface area (Å²) in [4.78, 5) is 12.9. The fourth-order valence-corrected chi connectivity index (χ4v) is 1.41. The molecular formula is C6H11BrN2O. The van der Waals surface area contributed by atoms with E-state index < -0.39 is 0 Å². The molecule has 1 aliphatic rings. The Morgan fingerprint density at radius 2 is 2.50 bits per heavy atom. The van der Waals surface area contributed by atoms with Crippen LogP contribution < -0.4 is 5.32 Å². The van der Waals surface area contributed by atoms with Crippen LogP contribution in [0, 0.1) is 0 Å². The molecule has 0 unspecified atom stereocenters. The van der Waals surface area contributed by atoms with Crippen LogP contribution in [0.15, 0.2) is 0 Å². The molecule has 0 saturated carbocycles. The lowest BCUT2D eigenvalue weighted by atomic mass is 10.3. The average Bonchev–Trinajstić information content (AvgIpc) is 1.94. The maximum atomic E-state index is 11.0. The fraction of sp³-hybridized carbons (Fsp3) is 0.833. The summed E-state index contributed by atoms with van der Waals surface area (Å²) < 4.78 is 0. The summed E-state index contributed by atoms with van der Waals surface area (Å²) in [6.45, 7) is 3.12. The normalized spacial score (nSPS) is 19.7. The van der Waals surface area contributed by atoms with Crippen LogP contribution in [0.2, 0.25) is 0 Å². The minimum Gasteiger partial charge on any atom is -0.339 e. The van der Waals surface area contributed by atoms with Crippen molar-refractivity contribution in [2.45, 2.75) is 0 Å². The van der Waals surface area contributed by atoms with Crippen molar-refractivity contribution in [2.75, 3.05) is 31.5 Å². The Bertz CT molecular complexity index is 127. The van der Waals surface area contributed by atoms with Crippen LogP contribution in [0.4, 0.5) is 0 Å². The fourth-order valence-electron chi connectivity index (χ4n) is 0.984. The second-order valence-corrected chi connectivity index (χ2v) is 3.04. The van der Waals surface area contributed by atoms with Crippen molar-refractivity contribution in [1.82, 2.24) is 10.2 Å². The summed E-state index contributed by atoms with van der Waals surface area (Å²) in [5, 5.41) is 3.89. The molecule has 0 aliphatic carbocycles. The highest BCUT2D eigenvalue weighted by Gasteiger charge is 2.15. The molecule has 0 aromatic heterocycles. The molecule has 0 atom stereocenters. The molecule has 1 rings (SSSR count). The molecule has 4 heteroatoms. The molecule has 1 amide bonds. The summed E-state index contributed by atoms with van der Waals surface area (Å²) in [5.41, 5.74) is 0. The molecule has 58 valence electrons. The highest BCUT2D eigenvalue weighted by Crippen LogP contribution is 1.94. The zero-order valence-electron chi connectivity index (χ0n) is 5.77. The van der Waals surface area contributed by atoms with Gasteiger partial charge in [0.25, 0.3) is 0 Å². The SMILES string of the molecule is O=C1CNCCN1CCBr. The van der Waals surface area contributed by atoms with Gasteiger partial charge in [0, 0.05) is 25.0 Å². The van der Waals surface area contributed by atoms with Gasteiger partial charge < -0.3 is 10.2 Å². The van der Waals surface area contributed by atoms with Gasteiger partial charge in [-0.05, 0) is 0 Å². The Morgan fingerprint density at radius 3 is 3.10 bits per heavy atom. The lowest BCUT2D eigenvalue weighted by Gasteiger charge is -2.26. The molecule has 1 saturated heterocycles. The summed E-state index contributed by atoms with van der Waals surface area (Å²) >= 11 is 3.30. The van der Waals surface area contributed by atoms with E-state index in [0.717, 1.165) is 25.0 Å². The second kappa shape index (κ2) is 3.93. The van der Waals surface area contributed by atoms with Crippen LogP contribution in [0.5, 0.6) is 0 Å². The molecule has 0 aromatic carbocycles. The molecule has 0 bridgehead atoms. The zero-order valence-corrected chi connectivity index (χ0v) is 7.35. The summed E-state index contributed by atoms with van der Waals surface area (Å²) in [7, 11) is 0. The third-order valence-electron chi connectivity index (χ3n) is 1.54. The number of halogens is 1. The standard InChI is InChI=1S/C6H11BrN2O/c7-1-3-9-4-2-8-5-6(9)10/h8H,1-5H2. The number of hydrogen-bond donors (Lipinski definition) is 1. The number of rotatable bonds is 2. The van der Waals surface area contributed by atoms with E-state index in [1.165, 1.54) is 0 Å². The van der Waals surface area contributed by atoms with Gasteiger partial charge in [0.15, 0.2) is 0 Å². The predicted octanol–water partition coefficient (Wildman–Crippen LogP) is -0.187. The van der Waals surface area contributed by atoms with E-state index in [9.17, 15) is 4.79 Å². The van der Waals surface area contributed by atoms with Crippen LogP contribution in [-0.4, -0.2) is 42.3 Å². The smallest absolute Gasteiger partial charge is 0.236 e. The Balaban J connectivity index is 2.32. The van der Waals surface area contributed by atoms with Crippen molar-refractivity contribution in [3.05, 3.63) is 0 Å². The van der Waals surface area contributed by atoms with Crippen molar-refractivity contribution in [3.63, 3.8) is 0 Å². The first-order valence-electron chi connectivity index (χ1n) is 3.39. The van der Waals surface area contributed by atoms with Crippen molar-refractivity contribution >= 4 is 21.8 Å². The Morgan fingerprint density at radius 1 is 1.70 bits per heavy atom. The van der Waals surface area contributed by atoms with Crippen molar-refractivity contribution < 1.29 is 4.79 Å². The van der Waals surface area contributed by atoms with E-state index in [1.807, 2.05) is 4.90 Å². The monoisotopic (exact) mass is 206 g/mol. The summed E-state index contributed by atoms with van der Waals surface area (Å²) in [6, 6.07) is 0. The molecule has 0 radical (unpaired) electrons. The first-order chi connectivity index (χ1) is 4.84. The topological polar surface area (TPSA) is 32.3 Å². The highest BCUT2D eigenvalue weighted by molar-refractivity contribution is 9.09. The van der Waals surface area contributed by atoms with E-state index in [1.54, 1.807) is 0 Å². The van der Waals surface area contributed by atoms with Crippen molar-refractivity contribution in [2.24, 2.45) is 0 Å². The van der Waals surface area contributed by atoms with E-state index in [4.69, 9.17) is 0 Å². The molecule has 10 heavy (non-hydrogen) atoms. The van der Waals surface area contributed by atoms with Gasteiger partial charge in [-0.3, -0.25) is 4.79 Å². The lowest BCUT2D eigenvalue weighted by molar-refractivity contribution is -0.131. The van der Waals surface area contributed by atoms with Gasteiger partial charge in [-0.2, -0.15) is 0 Å². The quantitative estimate of drug-likeness (QED) is 0.636. The maximum Gasteiger partial charge on any atom is 0.236 e.